The van der Waals surface area contributed by atoms with Crippen LogP contribution in [0, 0.1) is 5.92 Å². The van der Waals surface area contributed by atoms with Crippen LogP contribution in [0.3, 0.4) is 0 Å². The van der Waals surface area contributed by atoms with Crippen LogP contribution in [-0.2, 0) is 9.53 Å². The van der Waals surface area contributed by atoms with E-state index in [1.165, 1.54) is 0 Å². The Bertz CT molecular complexity index is 181. The first kappa shape index (κ1) is 17.7. The van der Waals surface area contributed by atoms with Crippen molar-refractivity contribution in [1.29, 1.82) is 0 Å². The normalized spacial score (nSPS) is 10.9. The number of aliphatic carboxylic acids is 1. The number of ether oxygens (including phenoxy) is 1. The summed E-state index contributed by atoms with van der Waals surface area (Å²) in [6, 6.07) is 0. The van der Waals surface area contributed by atoms with Gasteiger partial charge in [-0.1, -0.05) is 13.8 Å². The summed E-state index contributed by atoms with van der Waals surface area (Å²) in [5, 5.41) is 15.0. The van der Waals surface area contributed by atoms with Gasteiger partial charge in [-0.05, 0) is 32.7 Å². The standard InChI is InChI=1S/C9H21NO.C2H4O3/c1-8(2)7-11-9(3,4)5-6-10;3-1-2(4)5/h8H,5-7,10H2,1-4H3;3H,1H2,(H,4,5). The van der Waals surface area contributed by atoms with E-state index in [1.807, 2.05) is 0 Å². The van der Waals surface area contributed by atoms with Crippen LogP contribution in [0.15, 0.2) is 0 Å². The summed E-state index contributed by atoms with van der Waals surface area (Å²) in [6.07, 6.45) is 0.930. The molecule has 0 amide bonds. The maximum atomic E-state index is 9.12. The van der Waals surface area contributed by atoms with E-state index in [4.69, 9.17) is 25.5 Å². The average Bonchev–Trinajstić information content (AvgIpc) is 2.16. The summed E-state index contributed by atoms with van der Waals surface area (Å²) in [4.78, 5) is 9.12. The van der Waals surface area contributed by atoms with Crippen molar-refractivity contribution in [3.63, 3.8) is 0 Å². The van der Waals surface area contributed by atoms with Crippen molar-refractivity contribution in [3.8, 4) is 0 Å². The van der Waals surface area contributed by atoms with Crippen molar-refractivity contribution >= 4 is 5.97 Å². The molecule has 0 radical (unpaired) electrons. The van der Waals surface area contributed by atoms with Crippen molar-refractivity contribution in [1.82, 2.24) is 0 Å². The summed E-state index contributed by atoms with van der Waals surface area (Å²) in [7, 11) is 0. The van der Waals surface area contributed by atoms with Crippen LogP contribution in [0.25, 0.3) is 0 Å². The summed E-state index contributed by atoms with van der Waals surface area (Å²) in [5.74, 6) is -0.586. The molecule has 0 aliphatic heterocycles. The molecule has 16 heavy (non-hydrogen) atoms. The van der Waals surface area contributed by atoms with Gasteiger partial charge in [0.1, 0.15) is 6.61 Å². The summed E-state index contributed by atoms with van der Waals surface area (Å²) >= 11 is 0. The third kappa shape index (κ3) is 15.8. The Labute approximate surface area is 97.6 Å². The number of aliphatic hydroxyl groups is 1. The lowest BCUT2D eigenvalue weighted by Crippen LogP contribution is -2.29. The fourth-order valence-electron chi connectivity index (χ4n) is 0.812. The smallest absolute Gasteiger partial charge is 0.329 e. The van der Waals surface area contributed by atoms with E-state index in [0.717, 1.165) is 13.0 Å². The SMILES string of the molecule is CC(C)COC(C)(C)CCN.O=C(O)CO. The van der Waals surface area contributed by atoms with Crippen molar-refractivity contribution in [2.45, 2.75) is 39.7 Å². The zero-order valence-electron chi connectivity index (χ0n) is 10.7. The highest BCUT2D eigenvalue weighted by molar-refractivity contribution is 5.67. The van der Waals surface area contributed by atoms with E-state index in [2.05, 4.69) is 27.7 Å². The van der Waals surface area contributed by atoms with Gasteiger partial charge in [0.25, 0.3) is 0 Å². The molecule has 0 bridgehead atoms. The molecule has 0 aromatic carbocycles. The second-order valence-corrected chi connectivity index (χ2v) is 4.56. The highest BCUT2D eigenvalue weighted by Crippen LogP contribution is 2.14. The van der Waals surface area contributed by atoms with E-state index < -0.39 is 12.6 Å². The Morgan fingerprint density at radius 1 is 1.44 bits per heavy atom. The molecule has 0 aliphatic carbocycles. The molecular formula is C11H25NO4. The van der Waals surface area contributed by atoms with Crippen molar-refractivity contribution in [2.75, 3.05) is 19.8 Å². The van der Waals surface area contributed by atoms with Crippen LogP contribution in [-0.4, -0.2) is 41.5 Å². The first-order valence-corrected chi connectivity index (χ1v) is 5.42. The van der Waals surface area contributed by atoms with Crippen LogP contribution < -0.4 is 5.73 Å². The number of hydrogen-bond donors (Lipinski definition) is 3. The number of rotatable bonds is 6. The molecule has 0 fully saturated rings. The number of aliphatic hydroxyl groups excluding tert-OH is 1. The van der Waals surface area contributed by atoms with Crippen molar-refractivity contribution in [3.05, 3.63) is 0 Å². The Balaban J connectivity index is 0. The highest BCUT2D eigenvalue weighted by atomic mass is 16.5. The predicted octanol–water partition coefficient (Wildman–Crippen LogP) is 0.850. The molecule has 0 saturated heterocycles. The molecule has 0 unspecified atom stereocenters. The quantitative estimate of drug-likeness (QED) is 0.634. The number of carboxylic acids is 1. The Hall–Kier alpha value is -0.650. The molecule has 98 valence electrons. The van der Waals surface area contributed by atoms with Gasteiger partial charge in [0.15, 0.2) is 0 Å². The largest absolute Gasteiger partial charge is 0.480 e. The zero-order chi connectivity index (χ0) is 13.2. The molecule has 0 rings (SSSR count). The minimum atomic E-state index is -1.19. The first-order chi connectivity index (χ1) is 7.25. The summed E-state index contributed by atoms with van der Waals surface area (Å²) < 4.78 is 5.65. The number of hydrogen-bond acceptors (Lipinski definition) is 4. The Morgan fingerprint density at radius 3 is 2.12 bits per heavy atom. The molecular weight excluding hydrogens is 210 g/mol. The lowest BCUT2D eigenvalue weighted by atomic mass is 10.1. The highest BCUT2D eigenvalue weighted by Gasteiger charge is 2.16. The van der Waals surface area contributed by atoms with Crippen LogP contribution in [0.2, 0.25) is 0 Å². The van der Waals surface area contributed by atoms with Crippen LogP contribution in [0.1, 0.15) is 34.1 Å². The van der Waals surface area contributed by atoms with Gasteiger partial charge in [0.05, 0.1) is 5.60 Å². The molecule has 4 N–H and O–H groups in total. The first-order valence-electron chi connectivity index (χ1n) is 5.42. The van der Waals surface area contributed by atoms with Gasteiger partial charge in [-0.15, -0.1) is 0 Å². The predicted molar refractivity (Wildman–Crippen MR) is 63.3 cm³/mol. The molecule has 0 heterocycles. The maximum absolute atomic E-state index is 9.12. The molecule has 0 aliphatic rings. The van der Waals surface area contributed by atoms with Gasteiger partial charge in [0, 0.05) is 6.61 Å². The number of carboxylic acid groups (broad SMARTS) is 1. The third-order valence-corrected chi connectivity index (χ3v) is 1.69. The van der Waals surface area contributed by atoms with Crippen molar-refractivity contribution < 1.29 is 19.7 Å². The Morgan fingerprint density at radius 2 is 1.88 bits per heavy atom. The molecule has 0 atom stereocenters. The van der Waals surface area contributed by atoms with Crippen LogP contribution in [0.4, 0.5) is 0 Å². The molecule has 0 aromatic rings. The summed E-state index contributed by atoms with van der Waals surface area (Å²) in [6.45, 7) is 9.22. The Kier molecular flexibility index (Phi) is 10.6. The van der Waals surface area contributed by atoms with Crippen molar-refractivity contribution in [2.24, 2.45) is 11.7 Å². The van der Waals surface area contributed by atoms with Gasteiger partial charge in [-0.2, -0.15) is 0 Å². The topological polar surface area (TPSA) is 92.8 Å². The minimum absolute atomic E-state index is 0.0426. The second kappa shape index (κ2) is 9.57. The van der Waals surface area contributed by atoms with E-state index >= 15 is 0 Å². The monoisotopic (exact) mass is 235 g/mol. The number of nitrogens with two attached hydrogens (primary N) is 1. The van der Waals surface area contributed by atoms with E-state index in [0.29, 0.717) is 12.5 Å². The molecule has 0 spiro atoms. The fraction of sp³-hybridized carbons (Fsp3) is 0.909. The summed E-state index contributed by atoms with van der Waals surface area (Å²) in [5.41, 5.74) is 5.40. The van der Waals surface area contributed by atoms with E-state index in [9.17, 15) is 0 Å². The van der Waals surface area contributed by atoms with E-state index in [-0.39, 0.29) is 5.60 Å². The van der Waals surface area contributed by atoms with Crippen LogP contribution >= 0.6 is 0 Å². The van der Waals surface area contributed by atoms with Gasteiger partial charge in [-0.3, -0.25) is 0 Å². The molecule has 5 nitrogen and oxygen atoms in total. The lowest BCUT2D eigenvalue weighted by Gasteiger charge is -2.25. The molecule has 0 saturated carbocycles. The second-order valence-electron chi connectivity index (χ2n) is 4.56. The van der Waals surface area contributed by atoms with E-state index in [1.54, 1.807) is 0 Å². The van der Waals surface area contributed by atoms with Gasteiger partial charge in [-0.25, -0.2) is 4.79 Å². The average molecular weight is 235 g/mol. The van der Waals surface area contributed by atoms with Crippen LogP contribution in [0.5, 0.6) is 0 Å². The van der Waals surface area contributed by atoms with Gasteiger partial charge in [0.2, 0.25) is 0 Å². The molecule has 0 aromatic heterocycles. The fourth-order valence-corrected chi connectivity index (χ4v) is 0.812. The zero-order valence-corrected chi connectivity index (χ0v) is 10.7. The maximum Gasteiger partial charge on any atom is 0.329 e. The lowest BCUT2D eigenvalue weighted by molar-refractivity contribution is -0.140. The molecule has 5 heteroatoms. The van der Waals surface area contributed by atoms with Gasteiger partial charge < -0.3 is 20.7 Å². The number of carbonyl (C=O) groups is 1. The minimum Gasteiger partial charge on any atom is -0.480 e. The third-order valence-electron chi connectivity index (χ3n) is 1.69. The van der Waals surface area contributed by atoms with Gasteiger partial charge >= 0.3 is 5.97 Å².